The molecule has 0 bridgehead atoms. The third-order valence-corrected chi connectivity index (χ3v) is 4.15. The normalized spacial score (nSPS) is 29.8. The summed E-state index contributed by atoms with van der Waals surface area (Å²) in [5.41, 5.74) is 0. The Balaban J connectivity index is 1.87. The molecule has 18 heavy (non-hydrogen) atoms. The van der Waals surface area contributed by atoms with E-state index < -0.39 is 5.97 Å². The van der Waals surface area contributed by atoms with Crippen LogP contribution in [0.15, 0.2) is 0 Å². The fraction of sp³-hybridized carbons (Fsp3) is 0.846. The van der Waals surface area contributed by atoms with E-state index in [9.17, 15) is 9.59 Å². The van der Waals surface area contributed by atoms with E-state index in [1.54, 1.807) is 4.90 Å². The molecular formula is C13H22N2O3. The van der Waals surface area contributed by atoms with Crippen molar-refractivity contribution in [3.05, 3.63) is 0 Å². The zero-order valence-electron chi connectivity index (χ0n) is 11.0. The average Bonchev–Trinajstić information content (AvgIpc) is 2.79. The van der Waals surface area contributed by atoms with Crippen LogP contribution >= 0.6 is 0 Å². The lowest BCUT2D eigenvalue weighted by molar-refractivity contribution is -0.147. The Bertz CT molecular complexity index is 332. The highest BCUT2D eigenvalue weighted by Gasteiger charge is 2.32. The molecule has 2 unspecified atom stereocenters. The molecule has 0 aromatic rings. The molecule has 102 valence electrons. The quantitative estimate of drug-likeness (QED) is 0.800. The molecule has 1 amide bonds. The van der Waals surface area contributed by atoms with E-state index in [0.717, 1.165) is 32.6 Å². The van der Waals surface area contributed by atoms with Gasteiger partial charge in [0, 0.05) is 26.1 Å². The molecule has 2 atom stereocenters. The highest BCUT2D eigenvalue weighted by Crippen LogP contribution is 2.22. The van der Waals surface area contributed by atoms with E-state index in [-0.39, 0.29) is 11.8 Å². The number of likely N-dealkylation sites (tertiary alicyclic amines) is 2. The van der Waals surface area contributed by atoms with Crippen molar-refractivity contribution in [2.24, 2.45) is 11.8 Å². The Hall–Kier alpha value is -1.10. The van der Waals surface area contributed by atoms with Crippen LogP contribution in [0.1, 0.15) is 26.2 Å². The molecule has 0 aliphatic carbocycles. The van der Waals surface area contributed by atoms with Gasteiger partial charge in [0.1, 0.15) is 0 Å². The molecule has 0 radical (unpaired) electrons. The van der Waals surface area contributed by atoms with Gasteiger partial charge in [-0.05, 0) is 31.8 Å². The second-order valence-electron chi connectivity index (χ2n) is 5.42. The average molecular weight is 254 g/mol. The minimum absolute atomic E-state index is 0.127. The molecule has 2 aliphatic rings. The maximum absolute atomic E-state index is 11.8. The van der Waals surface area contributed by atoms with E-state index in [1.807, 2.05) is 0 Å². The van der Waals surface area contributed by atoms with Crippen molar-refractivity contribution in [2.45, 2.75) is 26.2 Å². The third-order valence-electron chi connectivity index (χ3n) is 4.15. The second-order valence-corrected chi connectivity index (χ2v) is 5.42. The summed E-state index contributed by atoms with van der Waals surface area (Å²) in [6.07, 6.45) is 2.01. The Labute approximate surface area is 108 Å². The fourth-order valence-electron chi connectivity index (χ4n) is 2.95. The van der Waals surface area contributed by atoms with Crippen molar-refractivity contribution >= 4 is 11.9 Å². The van der Waals surface area contributed by atoms with Gasteiger partial charge in [0.15, 0.2) is 0 Å². The predicted molar refractivity (Wildman–Crippen MR) is 67.2 cm³/mol. The number of carboxylic acids is 1. The molecule has 5 heteroatoms. The molecule has 0 aromatic heterocycles. The molecule has 2 fully saturated rings. The maximum atomic E-state index is 11.8. The summed E-state index contributed by atoms with van der Waals surface area (Å²) in [7, 11) is 0. The van der Waals surface area contributed by atoms with Gasteiger partial charge in [-0.3, -0.25) is 9.59 Å². The topological polar surface area (TPSA) is 60.9 Å². The van der Waals surface area contributed by atoms with Gasteiger partial charge in [-0.15, -0.1) is 0 Å². The van der Waals surface area contributed by atoms with E-state index in [2.05, 4.69) is 11.8 Å². The molecule has 0 aromatic carbocycles. The van der Waals surface area contributed by atoms with Crippen molar-refractivity contribution in [2.75, 3.05) is 32.7 Å². The van der Waals surface area contributed by atoms with Gasteiger partial charge in [-0.2, -0.15) is 0 Å². The van der Waals surface area contributed by atoms with Crippen LogP contribution < -0.4 is 0 Å². The summed E-state index contributed by atoms with van der Waals surface area (Å²) in [6, 6.07) is 0. The van der Waals surface area contributed by atoms with Crippen molar-refractivity contribution in [1.29, 1.82) is 0 Å². The molecular weight excluding hydrogens is 232 g/mol. The number of nitrogens with zero attached hydrogens (tertiary/aromatic N) is 2. The van der Waals surface area contributed by atoms with Crippen molar-refractivity contribution in [1.82, 2.24) is 9.80 Å². The minimum atomic E-state index is -0.769. The first kappa shape index (κ1) is 13.3. The lowest BCUT2D eigenvalue weighted by Crippen LogP contribution is -2.45. The summed E-state index contributed by atoms with van der Waals surface area (Å²) >= 11 is 0. The van der Waals surface area contributed by atoms with Crippen LogP contribution in [0.5, 0.6) is 0 Å². The number of carbonyl (C=O) groups excluding carboxylic acids is 1. The fourth-order valence-corrected chi connectivity index (χ4v) is 2.95. The van der Waals surface area contributed by atoms with Crippen LogP contribution in [0.25, 0.3) is 0 Å². The van der Waals surface area contributed by atoms with Crippen LogP contribution in [-0.4, -0.2) is 59.5 Å². The van der Waals surface area contributed by atoms with E-state index in [0.29, 0.717) is 25.3 Å². The van der Waals surface area contributed by atoms with Crippen LogP contribution in [0.4, 0.5) is 0 Å². The van der Waals surface area contributed by atoms with Gasteiger partial charge in [-0.25, -0.2) is 0 Å². The summed E-state index contributed by atoms with van der Waals surface area (Å²) in [5, 5.41) is 9.04. The summed E-state index contributed by atoms with van der Waals surface area (Å²) in [4.78, 5) is 27.0. The van der Waals surface area contributed by atoms with Crippen LogP contribution in [0.3, 0.4) is 0 Å². The number of carbonyl (C=O) groups is 2. The summed E-state index contributed by atoms with van der Waals surface area (Å²) in [5.74, 6) is -0.496. The van der Waals surface area contributed by atoms with Crippen LogP contribution in [0.2, 0.25) is 0 Å². The zero-order valence-corrected chi connectivity index (χ0v) is 11.0. The van der Waals surface area contributed by atoms with Crippen LogP contribution in [-0.2, 0) is 9.59 Å². The molecule has 0 saturated carbocycles. The third kappa shape index (κ3) is 3.02. The van der Waals surface area contributed by atoms with Gasteiger partial charge >= 0.3 is 5.97 Å². The van der Waals surface area contributed by atoms with E-state index in [4.69, 9.17) is 5.11 Å². The number of rotatable bonds is 4. The second kappa shape index (κ2) is 5.69. The summed E-state index contributed by atoms with van der Waals surface area (Å²) < 4.78 is 0. The van der Waals surface area contributed by atoms with Gasteiger partial charge < -0.3 is 14.9 Å². The lowest BCUT2D eigenvalue weighted by Gasteiger charge is -2.32. The Morgan fingerprint density at radius 3 is 2.78 bits per heavy atom. The largest absolute Gasteiger partial charge is 0.481 e. The molecule has 2 aliphatic heterocycles. The molecule has 2 rings (SSSR count). The van der Waals surface area contributed by atoms with E-state index >= 15 is 0 Å². The highest BCUT2D eigenvalue weighted by molar-refractivity contribution is 5.80. The standard InChI is InChI=1S/C13H22N2O3/c1-2-14-6-5-10(7-14)8-15-9-11(13(17)18)3-4-12(15)16/h10-11H,2-9H2,1H3,(H,17,18). The highest BCUT2D eigenvalue weighted by atomic mass is 16.4. The molecule has 1 N–H and O–H groups in total. The van der Waals surface area contributed by atoms with Crippen LogP contribution in [0, 0.1) is 11.8 Å². The Morgan fingerprint density at radius 2 is 2.17 bits per heavy atom. The first-order valence-corrected chi connectivity index (χ1v) is 6.83. The first-order valence-electron chi connectivity index (χ1n) is 6.83. The summed E-state index contributed by atoms with van der Waals surface area (Å²) in [6.45, 7) is 6.48. The number of aliphatic carboxylic acids is 1. The number of hydrogen-bond acceptors (Lipinski definition) is 3. The zero-order chi connectivity index (χ0) is 13.1. The number of hydrogen-bond donors (Lipinski definition) is 1. The number of amides is 1. The number of carboxylic acid groups (broad SMARTS) is 1. The lowest BCUT2D eigenvalue weighted by atomic mass is 9.96. The van der Waals surface area contributed by atoms with Gasteiger partial charge in [-0.1, -0.05) is 6.92 Å². The molecule has 2 saturated heterocycles. The van der Waals surface area contributed by atoms with Gasteiger partial charge in [0.25, 0.3) is 0 Å². The first-order chi connectivity index (χ1) is 8.60. The predicted octanol–water partition coefficient (Wildman–Crippen LogP) is 0.651. The van der Waals surface area contributed by atoms with Crippen molar-refractivity contribution in [3.63, 3.8) is 0 Å². The molecule has 5 nitrogen and oxygen atoms in total. The van der Waals surface area contributed by atoms with Gasteiger partial charge in [0.2, 0.25) is 5.91 Å². The minimum Gasteiger partial charge on any atom is -0.481 e. The Kier molecular flexibility index (Phi) is 4.22. The Morgan fingerprint density at radius 1 is 1.39 bits per heavy atom. The maximum Gasteiger partial charge on any atom is 0.308 e. The smallest absolute Gasteiger partial charge is 0.308 e. The van der Waals surface area contributed by atoms with Crippen molar-refractivity contribution < 1.29 is 14.7 Å². The SMILES string of the molecule is CCN1CCC(CN2CC(C(=O)O)CCC2=O)C1. The van der Waals surface area contributed by atoms with Crippen molar-refractivity contribution in [3.8, 4) is 0 Å². The molecule has 2 heterocycles. The number of piperidine rings is 1. The molecule has 0 spiro atoms. The van der Waals surface area contributed by atoms with Gasteiger partial charge in [0.05, 0.1) is 5.92 Å². The van der Waals surface area contributed by atoms with E-state index in [1.165, 1.54) is 0 Å². The monoisotopic (exact) mass is 254 g/mol.